The summed E-state index contributed by atoms with van der Waals surface area (Å²) in [7, 11) is 3.19. The molecule has 2 amide bonds. The van der Waals surface area contributed by atoms with Crippen molar-refractivity contribution in [2.45, 2.75) is 25.3 Å². The molecule has 4 heterocycles. The number of rotatable bonds is 6. The molecule has 0 spiro atoms. The fourth-order valence-electron chi connectivity index (χ4n) is 4.88. The van der Waals surface area contributed by atoms with Gasteiger partial charge in [-0.3, -0.25) is 14.6 Å². The lowest BCUT2D eigenvalue weighted by molar-refractivity contribution is -0.118. The highest BCUT2D eigenvalue weighted by molar-refractivity contribution is 5.98. The minimum Gasteiger partial charge on any atom is -0.497 e. The standard InChI is InChI=1S/C26H27F2N5O4/c1-32(26(35)22-11-21-23(13-29-22)37-14-24(34)31-21)15-3-6-33(7-4-15)8-5-17-18-9-16(36-2)10-19(27)25(18)30-12-20(17)28/h9-13,15H,3-8,14H2,1-2H3,(H,31,34). The zero-order valence-corrected chi connectivity index (χ0v) is 20.6. The number of amides is 2. The summed E-state index contributed by atoms with van der Waals surface area (Å²) in [6, 6.07) is 4.40. The lowest BCUT2D eigenvalue weighted by Gasteiger charge is -2.36. The fraction of sp³-hybridized carbons (Fsp3) is 0.385. The van der Waals surface area contributed by atoms with E-state index in [0.29, 0.717) is 41.1 Å². The normalized spacial score (nSPS) is 16.2. The predicted octanol–water partition coefficient (Wildman–Crippen LogP) is 3.03. The number of fused-ring (bicyclic) bond motifs is 2. The van der Waals surface area contributed by atoms with E-state index in [0.717, 1.165) is 32.1 Å². The van der Waals surface area contributed by atoms with Crippen LogP contribution in [0.1, 0.15) is 28.9 Å². The van der Waals surface area contributed by atoms with Crippen LogP contribution in [0.5, 0.6) is 11.5 Å². The summed E-state index contributed by atoms with van der Waals surface area (Å²) in [6.45, 7) is 1.97. The highest BCUT2D eigenvalue weighted by Gasteiger charge is 2.28. The number of carbonyl (C=O) groups is 2. The maximum atomic E-state index is 14.7. The van der Waals surface area contributed by atoms with Crippen molar-refractivity contribution in [2.24, 2.45) is 0 Å². The van der Waals surface area contributed by atoms with E-state index in [-0.39, 0.29) is 35.7 Å². The molecule has 0 aliphatic carbocycles. The zero-order valence-electron chi connectivity index (χ0n) is 20.6. The molecule has 194 valence electrons. The Morgan fingerprint density at radius 2 is 1.97 bits per heavy atom. The molecule has 11 heteroatoms. The van der Waals surface area contributed by atoms with E-state index in [1.54, 1.807) is 18.0 Å². The minimum atomic E-state index is -0.549. The van der Waals surface area contributed by atoms with Crippen LogP contribution in [-0.4, -0.2) is 78.0 Å². The Hall–Kier alpha value is -3.86. The van der Waals surface area contributed by atoms with Crippen molar-refractivity contribution in [1.29, 1.82) is 0 Å². The van der Waals surface area contributed by atoms with E-state index in [4.69, 9.17) is 9.47 Å². The first-order valence-corrected chi connectivity index (χ1v) is 12.1. The van der Waals surface area contributed by atoms with Crippen LogP contribution >= 0.6 is 0 Å². The van der Waals surface area contributed by atoms with Crippen molar-refractivity contribution < 1.29 is 27.8 Å². The number of halogens is 2. The molecule has 37 heavy (non-hydrogen) atoms. The number of methoxy groups -OCH3 is 1. The molecule has 2 aliphatic rings. The van der Waals surface area contributed by atoms with E-state index in [2.05, 4.69) is 20.2 Å². The number of ether oxygens (including phenoxy) is 2. The highest BCUT2D eigenvalue weighted by atomic mass is 19.1. The first-order chi connectivity index (χ1) is 17.8. The maximum Gasteiger partial charge on any atom is 0.272 e. The van der Waals surface area contributed by atoms with Crippen LogP contribution in [-0.2, 0) is 11.2 Å². The topological polar surface area (TPSA) is 96.9 Å². The summed E-state index contributed by atoms with van der Waals surface area (Å²) in [6.07, 6.45) is 4.39. The van der Waals surface area contributed by atoms with Gasteiger partial charge in [0.1, 0.15) is 22.8 Å². The molecule has 9 nitrogen and oxygen atoms in total. The molecule has 0 bridgehead atoms. The third-order valence-electron chi connectivity index (χ3n) is 7.02. The lowest BCUT2D eigenvalue weighted by Crippen LogP contribution is -2.46. The average Bonchev–Trinajstić information content (AvgIpc) is 2.91. The largest absolute Gasteiger partial charge is 0.497 e. The number of carbonyl (C=O) groups excluding carboxylic acids is 2. The van der Waals surface area contributed by atoms with Crippen LogP contribution in [0.2, 0.25) is 0 Å². The zero-order chi connectivity index (χ0) is 26.1. The third-order valence-corrected chi connectivity index (χ3v) is 7.02. The van der Waals surface area contributed by atoms with Crippen LogP contribution in [0.3, 0.4) is 0 Å². The van der Waals surface area contributed by atoms with Crippen LogP contribution in [0, 0.1) is 11.6 Å². The number of likely N-dealkylation sites (tertiary alicyclic amines) is 1. The lowest BCUT2D eigenvalue weighted by atomic mass is 10.0. The van der Waals surface area contributed by atoms with Gasteiger partial charge in [-0.1, -0.05) is 0 Å². The summed E-state index contributed by atoms with van der Waals surface area (Å²) in [5.41, 5.74) is 1.20. The number of piperidine rings is 1. The Kier molecular flexibility index (Phi) is 6.88. The number of pyridine rings is 2. The highest BCUT2D eigenvalue weighted by Crippen LogP contribution is 2.29. The number of hydrogen-bond acceptors (Lipinski definition) is 7. The number of hydrogen-bond donors (Lipinski definition) is 1. The molecule has 0 radical (unpaired) electrons. The number of nitrogens with one attached hydrogen (secondary N) is 1. The maximum absolute atomic E-state index is 14.7. The van der Waals surface area contributed by atoms with Crippen molar-refractivity contribution in [3.05, 3.63) is 53.5 Å². The summed E-state index contributed by atoms with van der Waals surface area (Å²) >= 11 is 0. The molecule has 3 aromatic rings. The SMILES string of the molecule is COc1cc(F)c2ncc(F)c(CCN3CCC(N(C)C(=O)c4cc5c(cn4)OCC(=O)N5)CC3)c2c1. The van der Waals surface area contributed by atoms with Crippen LogP contribution < -0.4 is 14.8 Å². The third kappa shape index (κ3) is 5.04. The van der Waals surface area contributed by atoms with E-state index >= 15 is 0 Å². The summed E-state index contributed by atoms with van der Waals surface area (Å²) in [4.78, 5) is 36.7. The molecule has 2 aliphatic heterocycles. The van der Waals surface area contributed by atoms with Crippen molar-refractivity contribution in [3.63, 3.8) is 0 Å². The van der Waals surface area contributed by atoms with Crippen LogP contribution in [0.15, 0.2) is 30.6 Å². The Morgan fingerprint density at radius 3 is 2.73 bits per heavy atom. The predicted molar refractivity (Wildman–Crippen MR) is 132 cm³/mol. The van der Waals surface area contributed by atoms with E-state index in [1.807, 2.05) is 0 Å². The Morgan fingerprint density at radius 1 is 1.19 bits per heavy atom. The molecule has 0 saturated carbocycles. The molecule has 1 saturated heterocycles. The second kappa shape index (κ2) is 10.3. The van der Waals surface area contributed by atoms with Gasteiger partial charge in [0.05, 0.1) is 25.2 Å². The summed E-state index contributed by atoms with van der Waals surface area (Å²) in [5.74, 6) is -0.779. The number of nitrogens with zero attached hydrogens (tertiary/aromatic N) is 4. The molecule has 5 rings (SSSR count). The van der Waals surface area contributed by atoms with Crippen molar-refractivity contribution in [3.8, 4) is 11.5 Å². The second-order valence-electron chi connectivity index (χ2n) is 9.23. The van der Waals surface area contributed by atoms with Gasteiger partial charge in [0.25, 0.3) is 11.8 Å². The van der Waals surface area contributed by atoms with Crippen molar-refractivity contribution >= 4 is 28.4 Å². The Balaban J connectivity index is 1.20. The molecule has 1 aromatic carbocycles. The smallest absolute Gasteiger partial charge is 0.272 e. The number of benzene rings is 1. The molecule has 0 unspecified atom stereocenters. The molecule has 0 atom stereocenters. The van der Waals surface area contributed by atoms with Crippen LogP contribution in [0.25, 0.3) is 10.9 Å². The molecular weight excluding hydrogens is 484 g/mol. The first-order valence-electron chi connectivity index (χ1n) is 12.1. The molecule has 1 fully saturated rings. The fourth-order valence-corrected chi connectivity index (χ4v) is 4.88. The Bertz CT molecular complexity index is 1360. The summed E-state index contributed by atoms with van der Waals surface area (Å²) < 4.78 is 39.5. The minimum absolute atomic E-state index is 0.0178. The van der Waals surface area contributed by atoms with Crippen molar-refractivity contribution in [1.82, 2.24) is 19.8 Å². The van der Waals surface area contributed by atoms with Gasteiger partial charge in [-0.2, -0.15) is 0 Å². The quantitative estimate of drug-likeness (QED) is 0.544. The molecular formula is C26H27F2N5O4. The summed E-state index contributed by atoms with van der Waals surface area (Å²) in [5, 5.41) is 3.10. The van der Waals surface area contributed by atoms with E-state index in [1.165, 1.54) is 25.4 Å². The number of aromatic nitrogens is 2. The van der Waals surface area contributed by atoms with Gasteiger partial charge >= 0.3 is 0 Å². The Labute approximate surface area is 212 Å². The van der Waals surface area contributed by atoms with Gasteiger partial charge in [0, 0.05) is 49.7 Å². The van der Waals surface area contributed by atoms with Gasteiger partial charge in [-0.25, -0.2) is 13.8 Å². The van der Waals surface area contributed by atoms with Gasteiger partial charge in [0.15, 0.2) is 18.2 Å². The van der Waals surface area contributed by atoms with Gasteiger partial charge in [0.2, 0.25) is 0 Å². The number of anilines is 1. The first kappa shape index (κ1) is 24.8. The van der Waals surface area contributed by atoms with Gasteiger partial charge < -0.3 is 24.6 Å². The average molecular weight is 512 g/mol. The monoisotopic (exact) mass is 511 g/mol. The van der Waals surface area contributed by atoms with E-state index in [9.17, 15) is 18.4 Å². The van der Waals surface area contributed by atoms with Gasteiger partial charge in [-0.15, -0.1) is 0 Å². The van der Waals surface area contributed by atoms with Crippen LogP contribution in [0.4, 0.5) is 14.5 Å². The second-order valence-corrected chi connectivity index (χ2v) is 9.23. The van der Waals surface area contributed by atoms with Gasteiger partial charge in [-0.05, 0) is 31.4 Å². The van der Waals surface area contributed by atoms with E-state index < -0.39 is 11.6 Å². The van der Waals surface area contributed by atoms with Crippen molar-refractivity contribution in [2.75, 3.05) is 45.7 Å². The molecule has 1 N–H and O–H groups in total. The molecule has 2 aromatic heterocycles.